The van der Waals surface area contributed by atoms with E-state index in [1.807, 2.05) is 18.3 Å². The van der Waals surface area contributed by atoms with Gasteiger partial charge in [-0.15, -0.1) is 0 Å². The van der Waals surface area contributed by atoms with Crippen LogP contribution < -0.4 is 5.32 Å². The third-order valence-corrected chi connectivity index (χ3v) is 4.14. The summed E-state index contributed by atoms with van der Waals surface area (Å²) >= 11 is 0. The highest BCUT2D eigenvalue weighted by Crippen LogP contribution is 2.30. The molecule has 0 unspecified atom stereocenters. The fourth-order valence-corrected chi connectivity index (χ4v) is 2.92. The van der Waals surface area contributed by atoms with E-state index < -0.39 is 0 Å². The van der Waals surface area contributed by atoms with Gasteiger partial charge < -0.3 is 9.73 Å². The van der Waals surface area contributed by atoms with Gasteiger partial charge in [0.2, 0.25) is 0 Å². The second-order valence-corrected chi connectivity index (χ2v) is 5.26. The number of aromatic nitrogens is 1. The van der Waals surface area contributed by atoms with Crippen LogP contribution in [-0.2, 0) is 0 Å². The predicted molar refractivity (Wildman–Crippen MR) is 73.7 cm³/mol. The van der Waals surface area contributed by atoms with E-state index >= 15 is 0 Å². The van der Waals surface area contributed by atoms with Gasteiger partial charge in [0.15, 0.2) is 0 Å². The zero-order valence-electron chi connectivity index (χ0n) is 10.9. The molecule has 0 saturated heterocycles. The Morgan fingerprint density at radius 3 is 2.89 bits per heavy atom. The first kappa shape index (κ1) is 11.6. The summed E-state index contributed by atoms with van der Waals surface area (Å²) in [4.78, 5) is 4.44. The molecular formula is C15H20N2O. The molecule has 0 radical (unpaired) electrons. The van der Waals surface area contributed by atoms with Crippen LogP contribution in [0, 0.1) is 5.92 Å². The number of pyridine rings is 1. The average molecular weight is 244 g/mol. The Morgan fingerprint density at radius 2 is 2.11 bits per heavy atom. The maximum Gasteiger partial charge on any atom is 0.139 e. The second-order valence-electron chi connectivity index (χ2n) is 5.26. The molecule has 2 aromatic rings. The first-order valence-corrected chi connectivity index (χ1v) is 6.95. The van der Waals surface area contributed by atoms with Gasteiger partial charge in [-0.05, 0) is 43.7 Å². The lowest BCUT2D eigenvalue weighted by atomic mass is 9.84. The first-order valence-electron chi connectivity index (χ1n) is 6.95. The highest BCUT2D eigenvalue weighted by atomic mass is 16.3. The topological polar surface area (TPSA) is 38.1 Å². The van der Waals surface area contributed by atoms with Crippen LogP contribution >= 0.6 is 0 Å². The average Bonchev–Trinajstić information content (AvgIpc) is 2.89. The number of nitrogens with zero attached hydrogens (tertiary/aromatic N) is 1. The quantitative estimate of drug-likeness (QED) is 0.879. The summed E-state index contributed by atoms with van der Waals surface area (Å²) in [6.07, 6.45) is 10.1. The molecule has 1 fully saturated rings. The Kier molecular flexibility index (Phi) is 3.22. The normalized spacial score (nSPS) is 24.3. The Morgan fingerprint density at radius 1 is 1.28 bits per heavy atom. The van der Waals surface area contributed by atoms with Gasteiger partial charge in [0.25, 0.3) is 0 Å². The number of fused-ring (bicyclic) bond motifs is 1. The van der Waals surface area contributed by atoms with Crippen LogP contribution in [0.3, 0.4) is 0 Å². The molecule has 0 atom stereocenters. The van der Waals surface area contributed by atoms with Crippen molar-refractivity contribution in [2.24, 2.45) is 5.92 Å². The summed E-state index contributed by atoms with van der Waals surface area (Å²) in [5.74, 6) is 1.90. The van der Waals surface area contributed by atoms with Crippen molar-refractivity contribution in [3.05, 3.63) is 24.6 Å². The minimum absolute atomic E-state index is 0.570. The first-order chi connectivity index (χ1) is 8.86. The summed E-state index contributed by atoms with van der Waals surface area (Å²) in [5, 5.41) is 4.68. The fraction of sp³-hybridized carbons (Fsp3) is 0.533. The van der Waals surface area contributed by atoms with Crippen molar-refractivity contribution in [1.29, 1.82) is 0 Å². The Balaban J connectivity index is 1.71. The Hall–Kier alpha value is -1.51. The number of hydrogen-bond acceptors (Lipinski definition) is 3. The summed E-state index contributed by atoms with van der Waals surface area (Å²) in [5.41, 5.74) is 0.912. The van der Waals surface area contributed by atoms with Gasteiger partial charge in [0.05, 0.1) is 11.6 Å². The molecule has 3 nitrogen and oxygen atoms in total. The summed E-state index contributed by atoms with van der Waals surface area (Å²) in [6, 6.07) is 4.47. The Bertz CT molecular complexity index is 512. The van der Waals surface area contributed by atoms with Gasteiger partial charge in [-0.25, -0.2) is 4.98 Å². The summed E-state index contributed by atoms with van der Waals surface area (Å²) in [7, 11) is 0. The third kappa shape index (κ3) is 2.22. The molecule has 3 rings (SSSR count). The highest BCUT2D eigenvalue weighted by molar-refractivity contribution is 5.87. The zero-order valence-corrected chi connectivity index (χ0v) is 10.9. The van der Waals surface area contributed by atoms with Gasteiger partial charge >= 0.3 is 0 Å². The summed E-state index contributed by atoms with van der Waals surface area (Å²) in [6.45, 7) is 2.30. The van der Waals surface area contributed by atoms with E-state index in [2.05, 4.69) is 17.2 Å². The number of hydrogen-bond donors (Lipinski definition) is 1. The molecule has 0 amide bonds. The predicted octanol–water partition coefficient (Wildman–Crippen LogP) is 4.21. The molecule has 0 aliphatic heterocycles. The molecule has 2 aromatic heterocycles. The lowest BCUT2D eigenvalue weighted by molar-refractivity contribution is 0.330. The van der Waals surface area contributed by atoms with Gasteiger partial charge in [0, 0.05) is 12.2 Å². The molecule has 1 saturated carbocycles. The molecule has 2 heterocycles. The smallest absolute Gasteiger partial charge is 0.139 e. The standard InChI is InChI=1S/C15H20N2O/c1-2-11-3-5-12(6-4-11)17-15-13-8-10-18-14(13)7-9-16-15/h7-12H,2-6H2,1H3,(H,16,17). The molecule has 18 heavy (non-hydrogen) atoms. The van der Waals surface area contributed by atoms with Gasteiger partial charge in [-0.1, -0.05) is 13.3 Å². The van der Waals surface area contributed by atoms with E-state index in [4.69, 9.17) is 4.42 Å². The molecule has 96 valence electrons. The number of rotatable bonds is 3. The molecule has 0 bridgehead atoms. The van der Waals surface area contributed by atoms with Crippen LogP contribution in [0.2, 0.25) is 0 Å². The minimum Gasteiger partial charge on any atom is -0.464 e. The lowest BCUT2D eigenvalue weighted by Gasteiger charge is -2.28. The van der Waals surface area contributed by atoms with Gasteiger partial charge in [0.1, 0.15) is 11.4 Å². The molecule has 3 heteroatoms. The number of anilines is 1. The fourth-order valence-electron chi connectivity index (χ4n) is 2.92. The number of nitrogens with one attached hydrogen (secondary N) is 1. The molecule has 0 spiro atoms. The molecule has 1 aliphatic rings. The van der Waals surface area contributed by atoms with E-state index in [0.717, 1.165) is 22.7 Å². The van der Waals surface area contributed by atoms with Crippen molar-refractivity contribution >= 4 is 16.8 Å². The monoisotopic (exact) mass is 244 g/mol. The van der Waals surface area contributed by atoms with Gasteiger partial charge in [-0.2, -0.15) is 0 Å². The van der Waals surface area contributed by atoms with E-state index in [1.165, 1.54) is 32.1 Å². The van der Waals surface area contributed by atoms with Crippen LogP contribution in [0.15, 0.2) is 29.0 Å². The number of furan rings is 1. The van der Waals surface area contributed by atoms with Crippen molar-refractivity contribution in [1.82, 2.24) is 4.98 Å². The van der Waals surface area contributed by atoms with Crippen molar-refractivity contribution in [2.45, 2.75) is 45.1 Å². The largest absolute Gasteiger partial charge is 0.464 e. The summed E-state index contributed by atoms with van der Waals surface area (Å²) < 4.78 is 5.40. The van der Waals surface area contributed by atoms with Crippen molar-refractivity contribution in [3.63, 3.8) is 0 Å². The van der Waals surface area contributed by atoms with Crippen LogP contribution in [0.5, 0.6) is 0 Å². The molecule has 1 aliphatic carbocycles. The van der Waals surface area contributed by atoms with E-state index in [1.54, 1.807) is 6.26 Å². The maximum absolute atomic E-state index is 5.40. The third-order valence-electron chi connectivity index (χ3n) is 4.14. The van der Waals surface area contributed by atoms with Crippen molar-refractivity contribution in [3.8, 4) is 0 Å². The van der Waals surface area contributed by atoms with E-state index in [9.17, 15) is 0 Å². The van der Waals surface area contributed by atoms with Crippen LogP contribution in [-0.4, -0.2) is 11.0 Å². The zero-order chi connectivity index (χ0) is 12.4. The van der Waals surface area contributed by atoms with Crippen molar-refractivity contribution in [2.75, 3.05) is 5.32 Å². The maximum atomic E-state index is 5.40. The lowest BCUT2D eigenvalue weighted by Crippen LogP contribution is -2.26. The SMILES string of the molecule is CCC1CCC(Nc2nccc3occc23)CC1. The van der Waals surface area contributed by atoms with Crippen LogP contribution in [0.1, 0.15) is 39.0 Å². The van der Waals surface area contributed by atoms with E-state index in [0.29, 0.717) is 6.04 Å². The van der Waals surface area contributed by atoms with Crippen molar-refractivity contribution < 1.29 is 4.42 Å². The minimum atomic E-state index is 0.570. The molecule has 1 N–H and O–H groups in total. The van der Waals surface area contributed by atoms with E-state index in [-0.39, 0.29) is 0 Å². The van der Waals surface area contributed by atoms with Crippen LogP contribution in [0.4, 0.5) is 5.82 Å². The molecular weight excluding hydrogens is 224 g/mol. The van der Waals surface area contributed by atoms with Gasteiger partial charge in [-0.3, -0.25) is 0 Å². The highest BCUT2D eigenvalue weighted by Gasteiger charge is 2.20. The second kappa shape index (κ2) is 5.01. The molecule has 0 aromatic carbocycles. The van der Waals surface area contributed by atoms with Crippen LogP contribution in [0.25, 0.3) is 11.0 Å². The Labute approximate surface area is 108 Å².